The molecule has 6 heteroatoms. The molecule has 0 unspecified atom stereocenters. The molecule has 0 atom stereocenters. The van der Waals surface area contributed by atoms with Crippen molar-refractivity contribution >= 4 is 16.4 Å². The van der Waals surface area contributed by atoms with Crippen LogP contribution in [0.15, 0.2) is 60.8 Å². The van der Waals surface area contributed by atoms with Crippen LogP contribution in [-0.4, -0.2) is 24.2 Å². The van der Waals surface area contributed by atoms with E-state index in [0.717, 1.165) is 27.7 Å². The molecule has 0 aliphatic carbocycles. The van der Waals surface area contributed by atoms with Gasteiger partial charge >= 0.3 is 0 Å². The monoisotopic (exact) mass is 411 g/mol. The van der Waals surface area contributed by atoms with Gasteiger partial charge in [0.1, 0.15) is 29.4 Å². The minimum atomic E-state index is -0.0639. The third-order valence-corrected chi connectivity index (χ3v) is 4.98. The Labute approximate surface area is 180 Å². The fraction of sp³-hybridized carbons (Fsp3) is 0.200. The Morgan fingerprint density at radius 1 is 0.903 bits per heavy atom. The standard InChI is InChI=1S/C25H21N3O3/c1-2-29-19-8-6-18(7-9-19)10-13-31-24-16-20(30-14-11-26)15-23-25(24)21(17-27)22-5-3-4-12-28(22)23/h3-9,12,15-16H,2,10,13-14H2,1H3. The number of fused-ring (bicyclic) bond motifs is 3. The number of hydrogen-bond acceptors (Lipinski definition) is 5. The van der Waals surface area contributed by atoms with Crippen molar-refractivity contribution < 1.29 is 14.2 Å². The van der Waals surface area contributed by atoms with Gasteiger partial charge in [0.15, 0.2) is 6.61 Å². The minimum absolute atomic E-state index is 0.0639. The van der Waals surface area contributed by atoms with E-state index in [1.165, 1.54) is 0 Å². The molecule has 0 radical (unpaired) electrons. The van der Waals surface area contributed by atoms with Gasteiger partial charge in [-0.3, -0.25) is 0 Å². The van der Waals surface area contributed by atoms with Crippen LogP contribution in [0, 0.1) is 22.7 Å². The third-order valence-electron chi connectivity index (χ3n) is 4.98. The second-order valence-electron chi connectivity index (χ2n) is 6.88. The van der Waals surface area contributed by atoms with Crippen molar-refractivity contribution in [1.29, 1.82) is 10.5 Å². The normalized spacial score (nSPS) is 10.5. The molecule has 2 aromatic heterocycles. The fourth-order valence-corrected chi connectivity index (χ4v) is 3.63. The molecular weight excluding hydrogens is 390 g/mol. The average molecular weight is 411 g/mol. The highest BCUT2D eigenvalue weighted by molar-refractivity contribution is 6.00. The summed E-state index contributed by atoms with van der Waals surface area (Å²) in [5.74, 6) is 1.94. The molecule has 4 aromatic rings. The number of aromatic nitrogens is 1. The van der Waals surface area contributed by atoms with Crippen molar-refractivity contribution in [3.8, 4) is 29.4 Å². The number of ether oxygens (including phenoxy) is 3. The highest BCUT2D eigenvalue weighted by atomic mass is 16.5. The SMILES string of the molecule is CCOc1ccc(CCOc2cc(OCC#N)cc3c2c(C#N)c2ccccn23)cc1. The van der Waals surface area contributed by atoms with Gasteiger partial charge in [0.25, 0.3) is 0 Å². The number of pyridine rings is 1. The van der Waals surface area contributed by atoms with Crippen LogP contribution in [0.1, 0.15) is 18.1 Å². The molecule has 2 aromatic carbocycles. The molecule has 0 amide bonds. The quantitative estimate of drug-likeness (QED) is 0.413. The van der Waals surface area contributed by atoms with Crippen molar-refractivity contribution in [3.05, 3.63) is 71.9 Å². The molecule has 0 N–H and O–H groups in total. The summed E-state index contributed by atoms with van der Waals surface area (Å²) >= 11 is 0. The van der Waals surface area contributed by atoms with E-state index < -0.39 is 0 Å². The molecule has 6 nitrogen and oxygen atoms in total. The summed E-state index contributed by atoms with van der Waals surface area (Å²) in [5.41, 5.74) is 3.28. The number of rotatable bonds is 8. The van der Waals surface area contributed by atoms with Crippen LogP contribution in [0.5, 0.6) is 17.2 Å². The van der Waals surface area contributed by atoms with E-state index in [1.807, 2.05) is 72.1 Å². The van der Waals surface area contributed by atoms with Crippen LogP contribution in [0.3, 0.4) is 0 Å². The summed E-state index contributed by atoms with van der Waals surface area (Å²) in [4.78, 5) is 0. The Morgan fingerprint density at radius 3 is 2.48 bits per heavy atom. The smallest absolute Gasteiger partial charge is 0.174 e. The average Bonchev–Trinajstić information content (AvgIpc) is 3.13. The maximum atomic E-state index is 9.83. The first-order valence-corrected chi connectivity index (χ1v) is 10.1. The molecule has 0 fully saturated rings. The topological polar surface area (TPSA) is 79.7 Å². The Kier molecular flexibility index (Phi) is 5.91. The number of benzene rings is 2. The molecule has 154 valence electrons. The molecule has 0 aliphatic rings. The van der Waals surface area contributed by atoms with Gasteiger partial charge in [0.2, 0.25) is 0 Å². The van der Waals surface area contributed by atoms with E-state index in [0.29, 0.717) is 36.7 Å². The van der Waals surface area contributed by atoms with E-state index in [1.54, 1.807) is 6.07 Å². The van der Waals surface area contributed by atoms with Gasteiger partial charge in [-0.25, -0.2) is 0 Å². The lowest BCUT2D eigenvalue weighted by molar-refractivity contribution is 0.320. The summed E-state index contributed by atoms with van der Waals surface area (Å²) in [6.07, 6.45) is 2.60. The van der Waals surface area contributed by atoms with Crippen molar-refractivity contribution in [2.75, 3.05) is 19.8 Å². The molecule has 0 bridgehead atoms. The Bertz CT molecular complexity index is 1290. The molecule has 0 spiro atoms. The highest BCUT2D eigenvalue weighted by Crippen LogP contribution is 2.37. The third kappa shape index (κ3) is 4.10. The highest BCUT2D eigenvalue weighted by Gasteiger charge is 2.18. The molecule has 31 heavy (non-hydrogen) atoms. The van der Waals surface area contributed by atoms with Gasteiger partial charge in [-0.05, 0) is 36.8 Å². The maximum absolute atomic E-state index is 9.83. The van der Waals surface area contributed by atoms with Crippen LogP contribution in [-0.2, 0) is 6.42 Å². The lowest BCUT2D eigenvalue weighted by atomic mass is 10.1. The first-order chi connectivity index (χ1) is 15.2. The Balaban J connectivity index is 1.66. The van der Waals surface area contributed by atoms with Crippen molar-refractivity contribution in [2.45, 2.75) is 13.3 Å². The largest absolute Gasteiger partial charge is 0.494 e. The van der Waals surface area contributed by atoms with Crippen LogP contribution >= 0.6 is 0 Å². The van der Waals surface area contributed by atoms with E-state index >= 15 is 0 Å². The zero-order valence-electron chi connectivity index (χ0n) is 17.2. The lowest BCUT2D eigenvalue weighted by Gasteiger charge is -2.11. The van der Waals surface area contributed by atoms with Crippen LogP contribution < -0.4 is 14.2 Å². The predicted molar refractivity (Wildman–Crippen MR) is 118 cm³/mol. The van der Waals surface area contributed by atoms with E-state index in [9.17, 15) is 5.26 Å². The van der Waals surface area contributed by atoms with Gasteiger partial charge < -0.3 is 18.6 Å². The summed E-state index contributed by atoms with van der Waals surface area (Å²) in [5, 5.41) is 19.4. The maximum Gasteiger partial charge on any atom is 0.174 e. The van der Waals surface area contributed by atoms with Crippen LogP contribution in [0.25, 0.3) is 16.4 Å². The predicted octanol–water partition coefficient (Wildman–Crippen LogP) is 4.89. The molecule has 0 aliphatic heterocycles. The van der Waals surface area contributed by atoms with Gasteiger partial charge in [-0.1, -0.05) is 18.2 Å². The zero-order valence-corrected chi connectivity index (χ0v) is 17.2. The van der Waals surface area contributed by atoms with Gasteiger partial charge in [-0.15, -0.1) is 0 Å². The van der Waals surface area contributed by atoms with Crippen molar-refractivity contribution in [3.63, 3.8) is 0 Å². The van der Waals surface area contributed by atoms with Crippen molar-refractivity contribution in [1.82, 2.24) is 4.40 Å². The van der Waals surface area contributed by atoms with Gasteiger partial charge in [-0.2, -0.15) is 10.5 Å². The first kappa shape index (κ1) is 20.1. The van der Waals surface area contributed by atoms with Gasteiger partial charge in [0.05, 0.1) is 35.2 Å². The second kappa shape index (κ2) is 9.11. The lowest BCUT2D eigenvalue weighted by Crippen LogP contribution is -2.03. The van der Waals surface area contributed by atoms with Crippen LogP contribution in [0.4, 0.5) is 0 Å². The van der Waals surface area contributed by atoms with Crippen LogP contribution in [0.2, 0.25) is 0 Å². The Hall–Kier alpha value is -4.16. The number of nitriles is 2. The second-order valence-corrected chi connectivity index (χ2v) is 6.88. The minimum Gasteiger partial charge on any atom is -0.494 e. The Morgan fingerprint density at radius 2 is 1.74 bits per heavy atom. The summed E-state index contributed by atoms with van der Waals surface area (Å²) in [7, 11) is 0. The molecular formula is C25H21N3O3. The van der Waals surface area contributed by atoms with Gasteiger partial charge in [0, 0.05) is 24.8 Å². The summed E-state index contributed by atoms with van der Waals surface area (Å²) in [6.45, 7) is 2.96. The van der Waals surface area contributed by atoms with Crippen molar-refractivity contribution in [2.24, 2.45) is 0 Å². The molecule has 0 saturated carbocycles. The van der Waals surface area contributed by atoms with E-state index in [4.69, 9.17) is 19.5 Å². The molecule has 4 rings (SSSR count). The number of hydrogen-bond donors (Lipinski definition) is 0. The molecule has 0 saturated heterocycles. The van der Waals surface area contributed by atoms with E-state index in [-0.39, 0.29) is 6.61 Å². The zero-order chi connectivity index (χ0) is 21.6. The number of nitrogens with zero attached hydrogens (tertiary/aromatic N) is 3. The molecule has 2 heterocycles. The summed E-state index contributed by atoms with van der Waals surface area (Å²) in [6, 6.07) is 21.5. The van der Waals surface area contributed by atoms with E-state index in [2.05, 4.69) is 6.07 Å². The first-order valence-electron chi connectivity index (χ1n) is 10.1. The fourth-order valence-electron chi connectivity index (χ4n) is 3.63. The summed E-state index contributed by atoms with van der Waals surface area (Å²) < 4.78 is 19.1.